The van der Waals surface area contributed by atoms with Crippen molar-refractivity contribution in [2.75, 3.05) is 19.6 Å². The predicted octanol–water partition coefficient (Wildman–Crippen LogP) is -1.53. The molecule has 0 saturated heterocycles. The van der Waals surface area contributed by atoms with Gasteiger partial charge in [0.15, 0.2) is 0 Å². The molecule has 0 spiro atoms. The number of carboxylic acids is 2. The van der Waals surface area contributed by atoms with Crippen LogP contribution in [-0.4, -0.2) is 149 Å². The average molecular weight is 1060 g/mol. The summed E-state index contributed by atoms with van der Waals surface area (Å²) in [6, 6.07) is -1.05. The Hall–Kier alpha value is -7.18. The van der Waals surface area contributed by atoms with Crippen LogP contribution in [0.3, 0.4) is 0 Å². The zero-order chi connectivity index (χ0) is 57.1. The molecule has 0 fully saturated rings. The second-order valence-corrected chi connectivity index (χ2v) is 19.5. The molecule has 25 nitrogen and oxygen atoms in total. The Kier molecular flexibility index (Phi) is 29.5. The summed E-state index contributed by atoms with van der Waals surface area (Å²) in [7, 11) is 0. The number of carbonyl (C=O) groups excluding carboxylic acids is 10. The van der Waals surface area contributed by atoms with Crippen LogP contribution in [-0.2, 0) is 64.0 Å². The Balaban J connectivity index is 2.97. The van der Waals surface area contributed by atoms with Gasteiger partial charge in [-0.2, -0.15) is 0 Å². The Morgan fingerprint density at radius 1 is 0.480 bits per heavy atom. The first-order chi connectivity index (χ1) is 35.1. The van der Waals surface area contributed by atoms with Gasteiger partial charge in [-0.1, -0.05) is 98.6 Å². The number of hydrogen-bond acceptors (Lipinski definition) is 13. The Morgan fingerprint density at radius 2 is 0.920 bits per heavy atom. The molecule has 0 saturated carbocycles. The SMILES string of the molecule is CC[C@H](C)[C@H](NC(=O)[C@H](C)NC(=O)CNC(=O)[C@H](Cc1ccccc1)NC(=O)[C@H](CC(C)C)NC(=O)CN)C(=O)N[C@@H](C)C(=O)NCC(=O)N[C@@H](CC(C)C)C(=O)N[C@H](C(=O)N[C@@H](CCC(=O)O)C(=O)O)[C@@H](C)CC. The number of aliphatic carboxylic acids is 2. The molecule has 1 aromatic carbocycles. The highest BCUT2D eigenvalue weighted by Crippen LogP contribution is 2.13. The van der Waals surface area contributed by atoms with E-state index in [1.807, 2.05) is 13.8 Å². The van der Waals surface area contributed by atoms with E-state index >= 15 is 0 Å². The fourth-order valence-electron chi connectivity index (χ4n) is 7.30. The number of amides is 10. The lowest BCUT2D eigenvalue weighted by Crippen LogP contribution is -2.59. The van der Waals surface area contributed by atoms with Gasteiger partial charge in [0, 0.05) is 12.8 Å². The number of nitrogens with one attached hydrogen (secondary N) is 10. The van der Waals surface area contributed by atoms with Crippen LogP contribution in [0.15, 0.2) is 30.3 Å². The van der Waals surface area contributed by atoms with Crippen molar-refractivity contribution in [1.29, 1.82) is 0 Å². The lowest BCUT2D eigenvalue weighted by atomic mass is 9.96. The number of hydrogen-bond donors (Lipinski definition) is 13. The Bertz CT molecular complexity index is 2130. The molecule has 0 heterocycles. The molecule has 10 amide bonds. The van der Waals surface area contributed by atoms with Crippen molar-refractivity contribution in [3.63, 3.8) is 0 Å². The molecular weight excluding hydrogens is 979 g/mol. The van der Waals surface area contributed by atoms with Gasteiger partial charge in [-0.15, -0.1) is 0 Å². The van der Waals surface area contributed by atoms with E-state index in [2.05, 4.69) is 53.2 Å². The molecule has 1 rings (SSSR count). The molecular formula is C50H81N11O14. The number of benzene rings is 1. The van der Waals surface area contributed by atoms with Crippen molar-refractivity contribution in [1.82, 2.24) is 53.2 Å². The first kappa shape index (κ1) is 65.8. The first-order valence-electron chi connectivity index (χ1n) is 25.3. The molecule has 0 bridgehead atoms. The monoisotopic (exact) mass is 1060 g/mol. The van der Waals surface area contributed by atoms with Crippen LogP contribution in [0, 0.1) is 23.7 Å². The van der Waals surface area contributed by atoms with Crippen LogP contribution < -0.4 is 58.9 Å². The quantitative estimate of drug-likeness (QED) is 0.0373. The van der Waals surface area contributed by atoms with E-state index < -0.39 is 157 Å². The van der Waals surface area contributed by atoms with Crippen LogP contribution in [0.2, 0.25) is 0 Å². The molecule has 10 atom stereocenters. The molecule has 0 radical (unpaired) electrons. The maximum Gasteiger partial charge on any atom is 0.326 e. The third-order valence-electron chi connectivity index (χ3n) is 12.0. The molecule has 75 heavy (non-hydrogen) atoms. The summed E-state index contributed by atoms with van der Waals surface area (Å²) in [4.78, 5) is 155. The molecule has 420 valence electrons. The standard InChI is InChI=1S/C50H81N11O14/c1-11-28(7)41(60-44(68)31(10)54-38(63)24-53-45(69)36(22-32-16-14-13-15-17-32)59-46(70)34(20-26(3)4)56-37(62)23-51)48(72)55-30(9)43(67)52-25-39(64)57-35(21-27(5)6)47(71)61-42(29(8)12-2)49(73)58-33(50(74)75)18-19-40(65)66/h13-17,26-31,33-36,41-42H,11-12,18-25,51H2,1-10H3,(H,52,67)(H,53,69)(H,54,63)(H,55,72)(H,56,62)(H,57,64)(H,58,73)(H,59,70)(H,60,68)(H,61,71)(H,65,66)(H,74,75)/t28-,29-,30-,31-,33-,34-,35-,36-,41-,42-/m0/s1. The molecule has 0 aromatic heterocycles. The van der Waals surface area contributed by atoms with Gasteiger partial charge in [-0.3, -0.25) is 52.7 Å². The van der Waals surface area contributed by atoms with Gasteiger partial charge in [-0.05, 0) is 62.3 Å². The van der Waals surface area contributed by atoms with E-state index in [1.165, 1.54) is 13.8 Å². The lowest BCUT2D eigenvalue weighted by Gasteiger charge is -2.28. The number of carbonyl (C=O) groups is 12. The first-order valence-corrected chi connectivity index (χ1v) is 25.3. The minimum atomic E-state index is -1.54. The molecule has 0 aliphatic heterocycles. The summed E-state index contributed by atoms with van der Waals surface area (Å²) in [5.41, 5.74) is 6.14. The zero-order valence-electron chi connectivity index (χ0n) is 44.8. The second-order valence-electron chi connectivity index (χ2n) is 19.5. The van der Waals surface area contributed by atoms with E-state index in [4.69, 9.17) is 10.8 Å². The summed E-state index contributed by atoms with van der Waals surface area (Å²) < 4.78 is 0. The van der Waals surface area contributed by atoms with Crippen molar-refractivity contribution in [2.24, 2.45) is 29.4 Å². The molecule has 14 N–H and O–H groups in total. The highest BCUT2D eigenvalue weighted by atomic mass is 16.4. The van der Waals surface area contributed by atoms with Gasteiger partial charge in [0.25, 0.3) is 0 Å². The second kappa shape index (κ2) is 33.6. The van der Waals surface area contributed by atoms with Gasteiger partial charge in [0.2, 0.25) is 59.1 Å². The Morgan fingerprint density at radius 3 is 1.40 bits per heavy atom. The highest BCUT2D eigenvalue weighted by Gasteiger charge is 2.34. The van der Waals surface area contributed by atoms with Crippen LogP contribution in [0.5, 0.6) is 0 Å². The summed E-state index contributed by atoms with van der Waals surface area (Å²) in [5.74, 6) is -11.3. The third kappa shape index (κ3) is 25.1. The maximum atomic E-state index is 13.6. The number of carboxylic acid groups (broad SMARTS) is 2. The van der Waals surface area contributed by atoms with Crippen LogP contribution >= 0.6 is 0 Å². The van der Waals surface area contributed by atoms with Crippen molar-refractivity contribution < 1.29 is 67.7 Å². The van der Waals surface area contributed by atoms with Crippen LogP contribution in [0.4, 0.5) is 0 Å². The van der Waals surface area contributed by atoms with E-state index in [0.29, 0.717) is 18.4 Å². The third-order valence-corrected chi connectivity index (χ3v) is 12.0. The van der Waals surface area contributed by atoms with E-state index in [-0.39, 0.29) is 37.6 Å². The summed E-state index contributed by atoms with van der Waals surface area (Å²) in [6.07, 6.45) is 0.241. The minimum Gasteiger partial charge on any atom is -0.481 e. The van der Waals surface area contributed by atoms with E-state index in [0.717, 1.165) is 0 Å². The van der Waals surface area contributed by atoms with Crippen LogP contribution in [0.25, 0.3) is 0 Å². The van der Waals surface area contributed by atoms with Gasteiger partial charge in [0.1, 0.15) is 48.3 Å². The lowest BCUT2D eigenvalue weighted by molar-refractivity contribution is -0.144. The van der Waals surface area contributed by atoms with E-state index in [1.54, 1.807) is 71.9 Å². The largest absolute Gasteiger partial charge is 0.481 e. The van der Waals surface area contributed by atoms with Crippen molar-refractivity contribution in [3.8, 4) is 0 Å². The van der Waals surface area contributed by atoms with Crippen molar-refractivity contribution in [3.05, 3.63) is 35.9 Å². The fourth-order valence-corrected chi connectivity index (χ4v) is 7.30. The molecule has 1 aromatic rings. The topological polar surface area (TPSA) is 392 Å². The fraction of sp³-hybridized carbons (Fsp3) is 0.640. The van der Waals surface area contributed by atoms with Gasteiger partial charge < -0.3 is 69.1 Å². The average Bonchev–Trinajstić information content (AvgIpc) is 3.35. The zero-order valence-corrected chi connectivity index (χ0v) is 44.8. The minimum absolute atomic E-state index is 0.00544. The van der Waals surface area contributed by atoms with Gasteiger partial charge >= 0.3 is 11.9 Å². The van der Waals surface area contributed by atoms with Crippen LogP contribution in [0.1, 0.15) is 113 Å². The highest BCUT2D eigenvalue weighted by molar-refractivity contribution is 5.98. The molecule has 25 heteroatoms. The van der Waals surface area contributed by atoms with Crippen molar-refractivity contribution in [2.45, 2.75) is 163 Å². The molecule has 0 aliphatic rings. The molecule has 0 aliphatic carbocycles. The van der Waals surface area contributed by atoms with Crippen molar-refractivity contribution >= 4 is 71.0 Å². The number of nitrogens with two attached hydrogens (primary N) is 1. The smallest absolute Gasteiger partial charge is 0.326 e. The van der Waals surface area contributed by atoms with E-state index in [9.17, 15) is 62.6 Å². The predicted molar refractivity (Wildman–Crippen MR) is 274 cm³/mol. The van der Waals surface area contributed by atoms with Gasteiger partial charge in [-0.25, -0.2) is 4.79 Å². The normalized spacial score (nSPS) is 15.1. The summed E-state index contributed by atoms with van der Waals surface area (Å²) in [5, 5.41) is 43.7. The summed E-state index contributed by atoms with van der Waals surface area (Å²) in [6.45, 7) is 15.2. The Labute approximate surface area is 438 Å². The number of rotatable bonds is 34. The molecule has 0 unspecified atom stereocenters. The van der Waals surface area contributed by atoms with Gasteiger partial charge in [0.05, 0.1) is 19.6 Å². The maximum absolute atomic E-state index is 13.6. The summed E-state index contributed by atoms with van der Waals surface area (Å²) >= 11 is 0.